The summed E-state index contributed by atoms with van der Waals surface area (Å²) in [5, 5.41) is 3.89. The van der Waals surface area contributed by atoms with Crippen molar-refractivity contribution in [1.82, 2.24) is 5.43 Å². The van der Waals surface area contributed by atoms with Crippen LogP contribution in [0.25, 0.3) is 0 Å². The first-order valence-corrected chi connectivity index (χ1v) is 5.78. The third kappa shape index (κ3) is 3.55. The maximum absolute atomic E-state index is 14.2. The van der Waals surface area contributed by atoms with E-state index in [0.29, 0.717) is 5.57 Å². The lowest BCUT2D eigenvalue weighted by Gasteiger charge is -2.12. The second kappa shape index (κ2) is 6.15. The molecular weight excluding hydrogens is 227 g/mol. The van der Waals surface area contributed by atoms with Crippen molar-refractivity contribution in [3.63, 3.8) is 0 Å². The van der Waals surface area contributed by atoms with Crippen LogP contribution in [0.2, 0.25) is 0 Å². The van der Waals surface area contributed by atoms with Gasteiger partial charge in [0.1, 0.15) is 5.83 Å². The standard InChI is InChI=1S/C15H19FN2/c1-10(2)14(11(3)4)8-15(16)12(5)13-6-7-17-18-9-13/h6-9,13,17H,1,3H2,2,4-5H3/b15-12-. The SMILES string of the molecule is C=C(C)C(=C/C(F)=C(\C)C1C=CNN=C1)C(=C)C. The third-order valence-electron chi connectivity index (χ3n) is 2.76. The van der Waals surface area contributed by atoms with Gasteiger partial charge >= 0.3 is 0 Å². The summed E-state index contributed by atoms with van der Waals surface area (Å²) < 4.78 is 14.2. The van der Waals surface area contributed by atoms with Gasteiger partial charge in [0.2, 0.25) is 0 Å². The van der Waals surface area contributed by atoms with E-state index < -0.39 is 0 Å². The van der Waals surface area contributed by atoms with Crippen molar-refractivity contribution in [3.05, 3.63) is 59.6 Å². The first-order valence-electron chi connectivity index (χ1n) is 5.78. The van der Waals surface area contributed by atoms with Gasteiger partial charge in [-0.1, -0.05) is 30.4 Å². The lowest BCUT2D eigenvalue weighted by Crippen LogP contribution is -2.10. The maximum Gasteiger partial charge on any atom is 0.123 e. The first kappa shape index (κ1) is 14.2. The number of nitrogens with zero attached hydrogens (tertiary/aromatic N) is 1. The molecule has 3 heteroatoms. The lowest BCUT2D eigenvalue weighted by molar-refractivity contribution is 0.642. The summed E-state index contributed by atoms with van der Waals surface area (Å²) in [5.74, 6) is -0.377. The van der Waals surface area contributed by atoms with Gasteiger partial charge in [0.25, 0.3) is 0 Å². The van der Waals surface area contributed by atoms with Gasteiger partial charge in [-0.15, -0.1) is 0 Å². The van der Waals surface area contributed by atoms with Gasteiger partial charge < -0.3 is 0 Å². The molecule has 18 heavy (non-hydrogen) atoms. The molecule has 1 unspecified atom stereocenters. The van der Waals surface area contributed by atoms with Crippen molar-refractivity contribution in [3.8, 4) is 0 Å². The summed E-state index contributed by atoms with van der Waals surface area (Å²) in [7, 11) is 0. The van der Waals surface area contributed by atoms with Gasteiger partial charge in [0, 0.05) is 18.3 Å². The number of nitrogens with one attached hydrogen (secondary N) is 1. The fourth-order valence-electron chi connectivity index (χ4n) is 1.63. The second-order valence-electron chi connectivity index (χ2n) is 4.44. The molecule has 0 aliphatic carbocycles. The third-order valence-corrected chi connectivity index (χ3v) is 2.76. The predicted molar refractivity (Wildman–Crippen MR) is 75.8 cm³/mol. The monoisotopic (exact) mass is 246 g/mol. The molecule has 1 heterocycles. The van der Waals surface area contributed by atoms with E-state index in [1.54, 1.807) is 19.3 Å². The fraction of sp³-hybridized carbons (Fsp3) is 0.267. The highest BCUT2D eigenvalue weighted by atomic mass is 19.1. The van der Waals surface area contributed by atoms with Crippen LogP contribution in [0, 0.1) is 5.92 Å². The molecule has 1 aliphatic rings. The van der Waals surface area contributed by atoms with Gasteiger partial charge in [-0.3, -0.25) is 5.43 Å². The first-order chi connectivity index (χ1) is 8.43. The highest BCUT2D eigenvalue weighted by Crippen LogP contribution is 2.23. The molecule has 1 atom stereocenters. The van der Waals surface area contributed by atoms with Crippen molar-refractivity contribution in [2.24, 2.45) is 11.0 Å². The van der Waals surface area contributed by atoms with E-state index in [2.05, 4.69) is 23.7 Å². The Morgan fingerprint density at radius 1 is 1.28 bits per heavy atom. The van der Waals surface area contributed by atoms with Crippen LogP contribution in [0.4, 0.5) is 4.39 Å². The molecule has 0 bridgehead atoms. The number of allylic oxidation sites excluding steroid dienone is 7. The van der Waals surface area contributed by atoms with Crippen molar-refractivity contribution in [2.45, 2.75) is 20.8 Å². The Morgan fingerprint density at radius 2 is 1.89 bits per heavy atom. The zero-order chi connectivity index (χ0) is 13.7. The Morgan fingerprint density at radius 3 is 2.33 bits per heavy atom. The van der Waals surface area contributed by atoms with Crippen molar-refractivity contribution >= 4 is 6.21 Å². The van der Waals surface area contributed by atoms with E-state index in [9.17, 15) is 4.39 Å². The summed E-state index contributed by atoms with van der Waals surface area (Å²) in [5.41, 5.74) is 5.67. The maximum atomic E-state index is 14.2. The minimum atomic E-state index is -0.265. The smallest absolute Gasteiger partial charge is 0.123 e. The lowest BCUT2D eigenvalue weighted by atomic mass is 9.97. The number of halogens is 1. The summed E-state index contributed by atoms with van der Waals surface area (Å²) in [6.45, 7) is 13.1. The fourth-order valence-corrected chi connectivity index (χ4v) is 1.63. The van der Waals surface area contributed by atoms with Gasteiger partial charge in [0.05, 0.1) is 0 Å². The van der Waals surface area contributed by atoms with Crippen LogP contribution < -0.4 is 5.43 Å². The minimum absolute atomic E-state index is 0.112. The quantitative estimate of drug-likeness (QED) is 0.744. The number of rotatable bonds is 4. The van der Waals surface area contributed by atoms with Crippen LogP contribution >= 0.6 is 0 Å². The molecule has 0 aromatic heterocycles. The topological polar surface area (TPSA) is 24.4 Å². The van der Waals surface area contributed by atoms with Gasteiger partial charge in [-0.2, -0.15) is 5.10 Å². The average molecular weight is 246 g/mol. The summed E-state index contributed by atoms with van der Waals surface area (Å²) in [6, 6.07) is 0. The van der Waals surface area contributed by atoms with Crippen molar-refractivity contribution in [1.29, 1.82) is 0 Å². The molecular formula is C15H19FN2. The van der Waals surface area contributed by atoms with Crippen LogP contribution in [-0.4, -0.2) is 6.21 Å². The molecule has 2 nitrogen and oxygen atoms in total. The molecule has 1 rings (SSSR count). The Hall–Kier alpha value is -1.90. The highest BCUT2D eigenvalue weighted by molar-refractivity contribution is 5.69. The van der Waals surface area contributed by atoms with E-state index in [0.717, 1.165) is 16.7 Å². The van der Waals surface area contributed by atoms with Gasteiger partial charge in [-0.05, 0) is 38.0 Å². The van der Waals surface area contributed by atoms with Crippen LogP contribution in [0.3, 0.4) is 0 Å². The van der Waals surface area contributed by atoms with Gasteiger partial charge in [-0.25, -0.2) is 4.39 Å². The minimum Gasteiger partial charge on any atom is -0.286 e. The van der Waals surface area contributed by atoms with E-state index in [1.165, 1.54) is 6.08 Å². The van der Waals surface area contributed by atoms with Crippen LogP contribution in [0.1, 0.15) is 20.8 Å². The Balaban J connectivity index is 3.07. The molecule has 0 radical (unpaired) electrons. The van der Waals surface area contributed by atoms with Crippen molar-refractivity contribution in [2.75, 3.05) is 0 Å². The zero-order valence-corrected chi connectivity index (χ0v) is 11.1. The Bertz CT molecular complexity index is 451. The molecule has 0 spiro atoms. The van der Waals surface area contributed by atoms with Crippen LogP contribution in [-0.2, 0) is 0 Å². The van der Waals surface area contributed by atoms with E-state index in [-0.39, 0.29) is 11.7 Å². The van der Waals surface area contributed by atoms with Crippen molar-refractivity contribution < 1.29 is 4.39 Å². The van der Waals surface area contributed by atoms with E-state index in [4.69, 9.17) is 0 Å². The Labute approximate surface area is 108 Å². The summed E-state index contributed by atoms with van der Waals surface area (Å²) in [6.07, 6.45) is 6.72. The predicted octanol–water partition coefficient (Wildman–Crippen LogP) is 4.03. The van der Waals surface area contributed by atoms with Crippen LogP contribution in [0.5, 0.6) is 0 Å². The number of hydrogen-bond donors (Lipinski definition) is 1. The molecule has 1 N–H and O–H groups in total. The van der Waals surface area contributed by atoms with Crippen LogP contribution in [0.15, 0.2) is 64.7 Å². The Kier molecular flexibility index (Phi) is 4.84. The normalized spacial score (nSPS) is 18.8. The number of hydrogen-bond acceptors (Lipinski definition) is 2. The largest absolute Gasteiger partial charge is 0.286 e. The highest BCUT2D eigenvalue weighted by Gasteiger charge is 2.12. The molecule has 0 amide bonds. The van der Waals surface area contributed by atoms with E-state index >= 15 is 0 Å². The molecule has 0 saturated heterocycles. The van der Waals surface area contributed by atoms with E-state index in [1.807, 2.05) is 19.9 Å². The molecule has 0 fully saturated rings. The zero-order valence-electron chi connectivity index (χ0n) is 11.1. The second-order valence-corrected chi connectivity index (χ2v) is 4.44. The molecule has 0 aromatic rings. The average Bonchev–Trinajstić information content (AvgIpc) is 2.35. The molecule has 1 aliphatic heterocycles. The van der Waals surface area contributed by atoms with Gasteiger partial charge in [0.15, 0.2) is 0 Å². The number of hydrazone groups is 1. The summed E-state index contributed by atoms with van der Waals surface area (Å²) >= 11 is 0. The molecule has 96 valence electrons. The summed E-state index contributed by atoms with van der Waals surface area (Å²) in [4.78, 5) is 0. The molecule has 0 aromatic carbocycles. The molecule has 0 saturated carbocycles.